The van der Waals surface area contributed by atoms with E-state index in [0.717, 1.165) is 30.8 Å². The topological polar surface area (TPSA) is 73.4 Å². The van der Waals surface area contributed by atoms with Gasteiger partial charge in [0, 0.05) is 31.7 Å². The Morgan fingerprint density at radius 1 is 1.26 bits per heavy atom. The first-order chi connectivity index (χ1) is 13.3. The van der Waals surface area contributed by atoms with Crippen LogP contribution in [0.3, 0.4) is 0 Å². The van der Waals surface area contributed by atoms with E-state index < -0.39 is 0 Å². The number of likely N-dealkylation sites (tertiary alicyclic amines) is 1. The fraction of sp³-hybridized carbons (Fsp3) is 0.350. The summed E-state index contributed by atoms with van der Waals surface area (Å²) in [6.45, 7) is 2.31. The second-order valence-electron chi connectivity index (χ2n) is 6.65. The van der Waals surface area contributed by atoms with Gasteiger partial charge in [0.1, 0.15) is 5.76 Å². The van der Waals surface area contributed by atoms with Crippen molar-refractivity contribution in [2.75, 3.05) is 13.1 Å². The van der Waals surface area contributed by atoms with Crippen molar-refractivity contribution in [2.24, 2.45) is 0 Å². The molecule has 0 saturated carbocycles. The van der Waals surface area contributed by atoms with Crippen molar-refractivity contribution in [3.8, 4) is 0 Å². The molecule has 0 spiro atoms. The first-order valence-electron chi connectivity index (χ1n) is 9.13. The van der Waals surface area contributed by atoms with E-state index in [-0.39, 0.29) is 12.0 Å². The van der Waals surface area contributed by atoms with Crippen LogP contribution in [-0.2, 0) is 17.9 Å². The average Bonchev–Trinajstić information content (AvgIpc) is 3.39. The van der Waals surface area contributed by atoms with E-state index in [4.69, 9.17) is 9.15 Å². The van der Waals surface area contributed by atoms with Crippen LogP contribution in [0, 0.1) is 0 Å². The van der Waals surface area contributed by atoms with Crippen molar-refractivity contribution in [3.63, 3.8) is 0 Å². The average molecular weight is 366 g/mol. The lowest BCUT2D eigenvalue weighted by atomic mass is 10.1. The lowest BCUT2D eigenvalue weighted by Gasteiger charge is -2.32. The largest absolute Gasteiger partial charge is 0.454 e. The number of aromatic nitrogens is 3. The van der Waals surface area contributed by atoms with Crippen LogP contribution in [0.2, 0.25) is 0 Å². The number of carbonyl (C=O) groups excluding carboxylic acids is 1. The summed E-state index contributed by atoms with van der Waals surface area (Å²) in [6, 6.07) is 9.35. The number of hydrogen-bond acceptors (Lipinski definition) is 5. The number of carbonyl (C=O) groups is 1. The SMILES string of the molecule is O=C(c1ccc(Cn2ccnc2)o1)N1CCCC(OCc2ccccn2)C1. The van der Waals surface area contributed by atoms with Crippen LogP contribution in [-0.4, -0.2) is 44.5 Å². The minimum absolute atomic E-state index is 0.0186. The van der Waals surface area contributed by atoms with Crippen molar-refractivity contribution in [2.45, 2.75) is 32.1 Å². The molecule has 0 bridgehead atoms. The van der Waals surface area contributed by atoms with Gasteiger partial charge in [-0.3, -0.25) is 9.78 Å². The fourth-order valence-corrected chi connectivity index (χ4v) is 3.24. The van der Waals surface area contributed by atoms with Gasteiger partial charge in [-0.05, 0) is 37.1 Å². The Hall–Kier alpha value is -2.93. The van der Waals surface area contributed by atoms with Gasteiger partial charge in [0.25, 0.3) is 5.91 Å². The van der Waals surface area contributed by atoms with Crippen molar-refractivity contribution in [1.29, 1.82) is 0 Å². The quantitative estimate of drug-likeness (QED) is 0.671. The molecular formula is C20H22N4O3. The maximum absolute atomic E-state index is 12.8. The standard InChI is InChI=1S/C20H22N4O3/c25-20(19-7-6-18(27-19)12-23-11-9-21-15-23)24-10-3-5-17(13-24)26-14-16-4-1-2-8-22-16/h1-2,4,6-9,11,15,17H,3,5,10,12-14H2. The van der Waals surface area contributed by atoms with Crippen LogP contribution in [0.25, 0.3) is 0 Å². The number of nitrogens with zero attached hydrogens (tertiary/aromatic N) is 4. The van der Waals surface area contributed by atoms with Crippen LogP contribution in [0.1, 0.15) is 34.9 Å². The smallest absolute Gasteiger partial charge is 0.289 e. The summed E-state index contributed by atoms with van der Waals surface area (Å²) in [5.41, 5.74) is 0.899. The van der Waals surface area contributed by atoms with Gasteiger partial charge in [0.2, 0.25) is 0 Å². The molecule has 1 atom stereocenters. The number of piperidine rings is 1. The minimum Gasteiger partial charge on any atom is -0.454 e. The number of hydrogen-bond donors (Lipinski definition) is 0. The van der Waals surface area contributed by atoms with E-state index in [0.29, 0.717) is 25.5 Å². The number of pyridine rings is 1. The first kappa shape index (κ1) is 17.5. The predicted molar refractivity (Wildman–Crippen MR) is 98.0 cm³/mol. The van der Waals surface area contributed by atoms with Gasteiger partial charge in [-0.1, -0.05) is 6.07 Å². The van der Waals surface area contributed by atoms with Crippen LogP contribution >= 0.6 is 0 Å². The Balaban J connectivity index is 1.33. The molecular weight excluding hydrogens is 344 g/mol. The summed E-state index contributed by atoms with van der Waals surface area (Å²) in [7, 11) is 0. The van der Waals surface area contributed by atoms with Gasteiger partial charge in [-0.15, -0.1) is 0 Å². The molecule has 140 valence electrons. The van der Waals surface area contributed by atoms with Crippen LogP contribution in [0.5, 0.6) is 0 Å². The first-order valence-corrected chi connectivity index (χ1v) is 9.13. The summed E-state index contributed by atoms with van der Waals surface area (Å²) in [5, 5.41) is 0. The maximum Gasteiger partial charge on any atom is 0.289 e. The Morgan fingerprint density at radius 3 is 3.04 bits per heavy atom. The summed E-state index contributed by atoms with van der Waals surface area (Å²) in [6.07, 6.45) is 8.94. The van der Waals surface area contributed by atoms with Crippen LogP contribution in [0.15, 0.2) is 59.7 Å². The fourth-order valence-electron chi connectivity index (χ4n) is 3.24. The monoisotopic (exact) mass is 366 g/mol. The van der Waals surface area contributed by atoms with Gasteiger partial charge in [-0.2, -0.15) is 0 Å². The van der Waals surface area contributed by atoms with Gasteiger partial charge < -0.3 is 18.6 Å². The maximum atomic E-state index is 12.8. The molecule has 7 nitrogen and oxygen atoms in total. The van der Waals surface area contributed by atoms with Gasteiger partial charge in [-0.25, -0.2) is 4.98 Å². The Labute approximate surface area is 157 Å². The highest BCUT2D eigenvalue weighted by atomic mass is 16.5. The molecule has 1 fully saturated rings. The number of amides is 1. The van der Waals surface area contributed by atoms with Crippen LogP contribution in [0.4, 0.5) is 0 Å². The third-order valence-electron chi connectivity index (χ3n) is 4.63. The minimum atomic E-state index is -0.0852. The van der Waals surface area contributed by atoms with Crippen molar-refractivity contribution in [3.05, 3.63) is 72.5 Å². The number of imidazole rings is 1. The predicted octanol–water partition coefficient (Wildman–Crippen LogP) is 2.74. The van der Waals surface area contributed by atoms with Gasteiger partial charge in [0.05, 0.1) is 31.3 Å². The Kier molecular flexibility index (Phi) is 5.29. The second kappa shape index (κ2) is 8.18. The molecule has 1 amide bonds. The molecule has 1 unspecified atom stereocenters. The normalized spacial score (nSPS) is 17.2. The molecule has 1 saturated heterocycles. The Morgan fingerprint density at radius 2 is 2.22 bits per heavy atom. The number of furan rings is 1. The van der Waals surface area contributed by atoms with Crippen molar-refractivity contribution >= 4 is 5.91 Å². The van der Waals surface area contributed by atoms with Crippen LogP contribution < -0.4 is 0 Å². The summed E-state index contributed by atoms with van der Waals surface area (Å²) in [4.78, 5) is 22.9. The van der Waals surface area contributed by atoms with E-state index in [2.05, 4.69) is 9.97 Å². The summed E-state index contributed by atoms with van der Waals surface area (Å²) in [5.74, 6) is 1.02. The van der Waals surface area contributed by atoms with E-state index in [1.165, 1.54) is 0 Å². The van der Waals surface area contributed by atoms with E-state index >= 15 is 0 Å². The molecule has 0 N–H and O–H groups in total. The van der Waals surface area contributed by atoms with Gasteiger partial charge >= 0.3 is 0 Å². The highest BCUT2D eigenvalue weighted by Crippen LogP contribution is 2.19. The van der Waals surface area contributed by atoms with E-state index in [9.17, 15) is 4.79 Å². The Bertz CT molecular complexity index is 861. The third-order valence-corrected chi connectivity index (χ3v) is 4.63. The number of ether oxygens (including phenoxy) is 1. The molecule has 4 heterocycles. The molecule has 1 aliphatic heterocycles. The zero-order chi connectivity index (χ0) is 18.5. The highest BCUT2D eigenvalue weighted by Gasteiger charge is 2.26. The van der Waals surface area contributed by atoms with Crippen molar-refractivity contribution in [1.82, 2.24) is 19.4 Å². The molecule has 7 heteroatoms. The molecule has 4 rings (SSSR count). The van der Waals surface area contributed by atoms with Crippen molar-refractivity contribution < 1.29 is 13.9 Å². The molecule has 0 aliphatic carbocycles. The van der Waals surface area contributed by atoms with E-state index in [1.807, 2.05) is 39.9 Å². The molecule has 0 aromatic carbocycles. The molecule has 1 aliphatic rings. The zero-order valence-corrected chi connectivity index (χ0v) is 15.0. The molecule has 3 aromatic rings. The van der Waals surface area contributed by atoms with Gasteiger partial charge in [0.15, 0.2) is 5.76 Å². The molecule has 0 radical (unpaired) electrons. The third kappa shape index (κ3) is 4.43. The molecule has 3 aromatic heterocycles. The highest BCUT2D eigenvalue weighted by molar-refractivity contribution is 5.91. The van der Waals surface area contributed by atoms with E-state index in [1.54, 1.807) is 24.8 Å². The summed E-state index contributed by atoms with van der Waals surface area (Å²) >= 11 is 0. The second-order valence-corrected chi connectivity index (χ2v) is 6.65. The molecule has 27 heavy (non-hydrogen) atoms. The number of rotatable bonds is 6. The lowest BCUT2D eigenvalue weighted by molar-refractivity contribution is -0.00867. The summed E-state index contributed by atoms with van der Waals surface area (Å²) < 4.78 is 13.6. The lowest BCUT2D eigenvalue weighted by Crippen LogP contribution is -2.43. The zero-order valence-electron chi connectivity index (χ0n) is 15.0.